The smallest absolute Gasteiger partial charge is 0.272 e. The summed E-state index contributed by atoms with van der Waals surface area (Å²) < 4.78 is 2.64. The molecular formula is C14H16N2OS2. The molecule has 0 N–H and O–H groups in total. The van der Waals surface area contributed by atoms with Crippen LogP contribution < -0.4 is 5.56 Å². The van der Waals surface area contributed by atoms with Crippen LogP contribution in [0.2, 0.25) is 0 Å². The molecule has 100 valence electrons. The van der Waals surface area contributed by atoms with Crippen LogP contribution in [0.15, 0.2) is 33.5 Å². The van der Waals surface area contributed by atoms with Crippen molar-refractivity contribution in [3.8, 4) is 0 Å². The van der Waals surface area contributed by atoms with E-state index in [4.69, 9.17) is 0 Å². The van der Waals surface area contributed by atoms with Crippen molar-refractivity contribution in [2.24, 2.45) is 5.92 Å². The van der Waals surface area contributed by atoms with Crippen molar-refractivity contribution in [2.75, 3.05) is 5.75 Å². The van der Waals surface area contributed by atoms with Crippen molar-refractivity contribution >= 4 is 33.3 Å². The molecule has 1 aliphatic carbocycles. The van der Waals surface area contributed by atoms with Crippen LogP contribution in [0.1, 0.15) is 19.8 Å². The largest absolute Gasteiger partial charge is 0.286 e. The Morgan fingerprint density at radius 1 is 1.63 bits per heavy atom. The lowest BCUT2D eigenvalue weighted by molar-refractivity contribution is 0.550. The number of thiophene rings is 1. The Morgan fingerprint density at radius 3 is 3.11 bits per heavy atom. The highest BCUT2D eigenvalue weighted by Crippen LogP contribution is 2.32. The molecule has 2 aromatic heterocycles. The summed E-state index contributed by atoms with van der Waals surface area (Å²) >= 11 is 3.10. The Kier molecular flexibility index (Phi) is 3.50. The first-order chi connectivity index (χ1) is 9.15. The fourth-order valence-corrected chi connectivity index (χ4v) is 3.57. The van der Waals surface area contributed by atoms with Gasteiger partial charge in [-0.1, -0.05) is 23.9 Å². The number of nitrogens with zero attached hydrogens (tertiary/aromatic N) is 2. The van der Waals surface area contributed by atoms with Crippen LogP contribution >= 0.6 is 23.1 Å². The van der Waals surface area contributed by atoms with Gasteiger partial charge in [0, 0.05) is 12.3 Å². The first kappa shape index (κ1) is 12.9. The van der Waals surface area contributed by atoms with Crippen molar-refractivity contribution in [2.45, 2.75) is 31.5 Å². The van der Waals surface area contributed by atoms with Gasteiger partial charge in [0.25, 0.3) is 5.56 Å². The van der Waals surface area contributed by atoms with Crippen LogP contribution in [0, 0.1) is 5.92 Å². The molecule has 0 amide bonds. The molecule has 5 heteroatoms. The number of rotatable bonds is 5. The lowest BCUT2D eigenvalue weighted by Crippen LogP contribution is -2.23. The van der Waals surface area contributed by atoms with E-state index in [1.807, 2.05) is 22.9 Å². The Bertz CT molecular complexity index is 682. The Hall–Kier alpha value is -1.07. The summed E-state index contributed by atoms with van der Waals surface area (Å²) in [4.78, 5) is 17.2. The summed E-state index contributed by atoms with van der Waals surface area (Å²) in [5.41, 5.74) is 2.05. The molecule has 0 atom stereocenters. The summed E-state index contributed by atoms with van der Waals surface area (Å²) in [6.45, 7) is 6.73. The zero-order chi connectivity index (χ0) is 13.4. The number of hydrogen-bond donors (Lipinski definition) is 0. The standard InChI is InChI=1S/C14H16N2OS2/c1-9(2)8-19-14-15-11-5-6-18-12(11)13(17)16(14)7-10-3-4-10/h5-6,10H,1,3-4,7-8H2,2H3. The summed E-state index contributed by atoms with van der Waals surface area (Å²) in [5.74, 6) is 1.48. The van der Waals surface area contributed by atoms with Gasteiger partial charge >= 0.3 is 0 Å². The van der Waals surface area contributed by atoms with Crippen molar-refractivity contribution in [3.63, 3.8) is 0 Å². The minimum Gasteiger partial charge on any atom is -0.286 e. The Morgan fingerprint density at radius 2 is 2.42 bits per heavy atom. The van der Waals surface area contributed by atoms with Crippen molar-refractivity contribution in [1.82, 2.24) is 9.55 Å². The van der Waals surface area contributed by atoms with Crippen LogP contribution in [0.5, 0.6) is 0 Å². The zero-order valence-electron chi connectivity index (χ0n) is 10.9. The lowest BCUT2D eigenvalue weighted by Gasteiger charge is -2.11. The highest BCUT2D eigenvalue weighted by molar-refractivity contribution is 7.99. The molecule has 2 heterocycles. The first-order valence-electron chi connectivity index (χ1n) is 6.40. The molecule has 0 saturated heterocycles. The van der Waals surface area contributed by atoms with E-state index in [-0.39, 0.29) is 5.56 Å². The van der Waals surface area contributed by atoms with Gasteiger partial charge < -0.3 is 0 Å². The van der Waals surface area contributed by atoms with Crippen LogP contribution in [0.4, 0.5) is 0 Å². The molecule has 3 nitrogen and oxygen atoms in total. The van der Waals surface area contributed by atoms with Crippen LogP contribution in [0.3, 0.4) is 0 Å². The maximum absolute atomic E-state index is 12.5. The van der Waals surface area contributed by atoms with E-state index in [0.717, 1.165) is 33.2 Å². The zero-order valence-corrected chi connectivity index (χ0v) is 12.5. The molecule has 19 heavy (non-hydrogen) atoms. The Balaban J connectivity index is 2.04. The normalized spacial score (nSPS) is 15.0. The average molecular weight is 292 g/mol. The lowest BCUT2D eigenvalue weighted by atomic mass is 10.4. The summed E-state index contributed by atoms with van der Waals surface area (Å²) in [6.07, 6.45) is 2.47. The number of fused-ring (bicyclic) bond motifs is 1. The predicted molar refractivity (Wildman–Crippen MR) is 82.1 cm³/mol. The van der Waals surface area contributed by atoms with Crippen molar-refractivity contribution in [1.29, 1.82) is 0 Å². The van der Waals surface area contributed by atoms with Gasteiger partial charge in [0.05, 0.1) is 5.52 Å². The van der Waals surface area contributed by atoms with E-state index >= 15 is 0 Å². The van der Waals surface area contributed by atoms with Gasteiger partial charge in [0.1, 0.15) is 4.70 Å². The fourth-order valence-electron chi connectivity index (χ4n) is 1.94. The minimum atomic E-state index is 0.121. The van der Waals surface area contributed by atoms with Crippen LogP contribution in [-0.2, 0) is 6.54 Å². The molecule has 3 rings (SSSR count). The van der Waals surface area contributed by atoms with Gasteiger partial charge in [-0.05, 0) is 37.1 Å². The summed E-state index contributed by atoms with van der Waals surface area (Å²) in [6, 6.07) is 1.92. The average Bonchev–Trinajstić information content (AvgIpc) is 3.06. The maximum atomic E-state index is 12.5. The summed E-state index contributed by atoms with van der Waals surface area (Å²) in [5, 5.41) is 2.78. The molecule has 0 aliphatic heterocycles. The molecule has 0 bridgehead atoms. The van der Waals surface area contributed by atoms with Gasteiger partial charge in [-0.25, -0.2) is 4.98 Å². The summed E-state index contributed by atoms with van der Waals surface area (Å²) in [7, 11) is 0. The van der Waals surface area contributed by atoms with E-state index in [1.165, 1.54) is 24.2 Å². The second kappa shape index (κ2) is 5.13. The van der Waals surface area contributed by atoms with Crippen molar-refractivity contribution < 1.29 is 0 Å². The number of aromatic nitrogens is 2. The third-order valence-corrected chi connectivity index (χ3v) is 5.21. The van der Waals surface area contributed by atoms with Crippen LogP contribution in [0.25, 0.3) is 10.2 Å². The SMILES string of the molecule is C=C(C)CSc1nc2ccsc2c(=O)n1CC1CC1. The van der Waals surface area contributed by atoms with Gasteiger partial charge in [-0.2, -0.15) is 0 Å². The van der Waals surface area contributed by atoms with E-state index < -0.39 is 0 Å². The van der Waals surface area contributed by atoms with Gasteiger partial charge in [-0.3, -0.25) is 9.36 Å². The highest BCUT2D eigenvalue weighted by atomic mass is 32.2. The van der Waals surface area contributed by atoms with Gasteiger partial charge in [0.15, 0.2) is 5.16 Å². The van der Waals surface area contributed by atoms with E-state index in [0.29, 0.717) is 5.92 Å². The third kappa shape index (κ3) is 2.77. The fraction of sp³-hybridized carbons (Fsp3) is 0.429. The topological polar surface area (TPSA) is 34.9 Å². The molecule has 0 spiro atoms. The van der Waals surface area contributed by atoms with Gasteiger partial charge in [0.2, 0.25) is 0 Å². The second-order valence-corrected chi connectivity index (χ2v) is 6.99. The maximum Gasteiger partial charge on any atom is 0.272 e. The van der Waals surface area contributed by atoms with E-state index in [2.05, 4.69) is 11.6 Å². The van der Waals surface area contributed by atoms with Crippen molar-refractivity contribution in [3.05, 3.63) is 34.0 Å². The molecule has 0 radical (unpaired) electrons. The quantitative estimate of drug-likeness (QED) is 0.480. The second-order valence-electron chi connectivity index (χ2n) is 5.13. The predicted octanol–water partition coefficient (Wildman–Crippen LogP) is 3.54. The molecule has 2 aromatic rings. The van der Waals surface area contributed by atoms with E-state index in [1.54, 1.807) is 11.8 Å². The highest BCUT2D eigenvalue weighted by Gasteiger charge is 2.24. The molecule has 1 fully saturated rings. The molecular weight excluding hydrogens is 276 g/mol. The third-order valence-electron chi connectivity index (χ3n) is 3.12. The number of hydrogen-bond acceptors (Lipinski definition) is 4. The molecule has 1 saturated carbocycles. The van der Waals surface area contributed by atoms with E-state index in [9.17, 15) is 4.79 Å². The Labute approximate surface area is 120 Å². The first-order valence-corrected chi connectivity index (χ1v) is 8.27. The minimum absolute atomic E-state index is 0.121. The van der Waals surface area contributed by atoms with Gasteiger partial charge in [-0.15, -0.1) is 11.3 Å². The molecule has 1 aliphatic rings. The monoisotopic (exact) mass is 292 g/mol. The number of thioether (sulfide) groups is 1. The van der Waals surface area contributed by atoms with Crippen LogP contribution in [-0.4, -0.2) is 15.3 Å². The molecule has 0 aromatic carbocycles. The molecule has 0 unspecified atom stereocenters.